The third-order valence-corrected chi connectivity index (χ3v) is 10.0. The Morgan fingerprint density at radius 2 is 1.71 bits per heavy atom. The zero-order chi connectivity index (χ0) is 27.1. The minimum absolute atomic E-state index is 0.0764. The van der Waals surface area contributed by atoms with Crippen molar-refractivity contribution < 1.29 is 18.3 Å². The summed E-state index contributed by atoms with van der Waals surface area (Å²) in [7, 11) is -1.73. The van der Waals surface area contributed by atoms with Crippen LogP contribution in [-0.2, 0) is 21.9 Å². The van der Waals surface area contributed by atoms with Crippen molar-refractivity contribution in [2.75, 3.05) is 13.1 Å². The van der Waals surface area contributed by atoms with Gasteiger partial charge in [0.15, 0.2) is 0 Å². The number of likely N-dealkylation sites (tertiary alicyclic amines) is 1. The van der Waals surface area contributed by atoms with Gasteiger partial charge in [-0.3, -0.25) is 4.79 Å². The molecular weight excluding hydrogens is 498 g/mol. The van der Waals surface area contributed by atoms with E-state index in [0.29, 0.717) is 32.2 Å². The minimum Gasteiger partial charge on any atom is -0.390 e. The molecule has 1 aromatic heterocycles. The first-order valence-electron chi connectivity index (χ1n) is 13.7. The summed E-state index contributed by atoms with van der Waals surface area (Å²) in [5, 5.41) is 11.4. The maximum absolute atomic E-state index is 13.3. The summed E-state index contributed by atoms with van der Waals surface area (Å²) in [5.41, 5.74) is 2.20. The van der Waals surface area contributed by atoms with Crippen LogP contribution in [0.1, 0.15) is 52.4 Å². The second kappa shape index (κ2) is 10.5. The zero-order valence-corrected chi connectivity index (χ0v) is 23.4. The van der Waals surface area contributed by atoms with E-state index in [1.165, 1.54) is 0 Å². The van der Waals surface area contributed by atoms with Crippen LogP contribution in [-0.4, -0.2) is 53.6 Å². The van der Waals surface area contributed by atoms with E-state index in [1.807, 2.05) is 66.8 Å². The fraction of sp³-hybridized carbons (Fsp3) is 0.500. The molecule has 1 aliphatic carbocycles. The van der Waals surface area contributed by atoms with Gasteiger partial charge in [-0.05, 0) is 76.1 Å². The zero-order valence-electron chi connectivity index (χ0n) is 22.6. The van der Waals surface area contributed by atoms with E-state index in [-0.39, 0.29) is 28.7 Å². The molecule has 8 heteroatoms. The molecule has 204 valence electrons. The topological polar surface area (TPSA) is 91.6 Å². The Bertz CT molecular complexity index is 1400. The number of hydrogen-bond donors (Lipinski definition) is 2. The summed E-state index contributed by atoms with van der Waals surface area (Å²) in [4.78, 5) is 15.4. The lowest BCUT2D eigenvalue weighted by molar-refractivity contribution is -0.140. The number of aromatic nitrogens is 1. The molecule has 1 saturated heterocycles. The van der Waals surface area contributed by atoms with E-state index in [4.69, 9.17) is 0 Å². The Labute approximate surface area is 225 Å². The number of nitrogens with zero attached hydrogens (tertiary/aromatic N) is 2. The molecule has 2 aromatic carbocycles. The lowest BCUT2D eigenvalue weighted by Gasteiger charge is -2.40. The number of aryl methyl sites for hydroxylation is 1. The molecule has 2 aliphatic rings. The molecule has 38 heavy (non-hydrogen) atoms. The molecule has 0 bridgehead atoms. The molecule has 2 heterocycles. The second-order valence-electron chi connectivity index (χ2n) is 11.6. The largest absolute Gasteiger partial charge is 0.390 e. The van der Waals surface area contributed by atoms with Gasteiger partial charge >= 0.3 is 0 Å². The molecular formula is C30H39N3O4S. The van der Waals surface area contributed by atoms with Gasteiger partial charge in [-0.25, -0.2) is 13.1 Å². The lowest BCUT2D eigenvalue weighted by atomic mass is 9.82. The highest BCUT2D eigenvalue weighted by atomic mass is 32.2. The number of aliphatic hydroxyl groups is 1. The van der Waals surface area contributed by atoms with Crippen molar-refractivity contribution in [3.63, 3.8) is 0 Å². The van der Waals surface area contributed by atoms with Crippen molar-refractivity contribution in [1.29, 1.82) is 0 Å². The van der Waals surface area contributed by atoms with Gasteiger partial charge in [0.25, 0.3) is 0 Å². The van der Waals surface area contributed by atoms with E-state index in [2.05, 4.69) is 10.8 Å². The molecule has 0 unspecified atom stereocenters. The third-order valence-electron chi connectivity index (χ3n) is 8.53. The quantitative estimate of drug-likeness (QED) is 0.477. The molecule has 3 aromatic rings. The van der Waals surface area contributed by atoms with Crippen molar-refractivity contribution in [2.24, 2.45) is 18.9 Å². The van der Waals surface area contributed by atoms with E-state index in [0.717, 1.165) is 41.5 Å². The van der Waals surface area contributed by atoms with Gasteiger partial charge in [-0.15, -0.1) is 0 Å². The maximum Gasteiger partial charge on any atom is 0.240 e. The molecule has 2 N–H and O–H groups in total. The van der Waals surface area contributed by atoms with Gasteiger partial charge < -0.3 is 14.6 Å². The van der Waals surface area contributed by atoms with Gasteiger partial charge in [0.2, 0.25) is 15.9 Å². The Morgan fingerprint density at radius 3 is 2.39 bits per heavy atom. The molecule has 1 atom stereocenters. The van der Waals surface area contributed by atoms with Crippen LogP contribution in [0.25, 0.3) is 22.2 Å². The number of rotatable bonds is 6. The maximum atomic E-state index is 13.3. The normalized spacial score (nSPS) is 23.1. The molecule has 1 saturated carbocycles. The predicted octanol–water partition coefficient (Wildman–Crippen LogP) is 4.69. The number of sulfonamides is 1. The lowest BCUT2D eigenvalue weighted by Crippen LogP contribution is -2.49. The Balaban J connectivity index is 1.23. The number of carbonyl (C=O) groups is 1. The van der Waals surface area contributed by atoms with Gasteiger partial charge in [0.05, 0.1) is 10.5 Å². The Hall–Kier alpha value is -2.68. The van der Waals surface area contributed by atoms with Crippen LogP contribution in [0.2, 0.25) is 0 Å². The Kier molecular flexibility index (Phi) is 7.42. The third kappa shape index (κ3) is 5.53. The van der Waals surface area contributed by atoms with Crippen molar-refractivity contribution in [3.05, 3.63) is 54.6 Å². The highest BCUT2D eigenvalue weighted by Gasteiger charge is 2.36. The molecule has 1 aliphatic heterocycles. The number of carbonyl (C=O) groups excluding carboxylic acids is 1. The molecule has 2 fully saturated rings. The van der Waals surface area contributed by atoms with E-state index >= 15 is 0 Å². The van der Waals surface area contributed by atoms with Crippen molar-refractivity contribution in [2.45, 2.75) is 68.9 Å². The SMILES string of the molecule is Cn1c(-c2ccccc2)cc2ccc(S(=O)(=O)N[C@H]3CC[C@H](C(=O)N4CCC[C@@H](C(C)(C)O)C4)CC3)cc21. The van der Waals surface area contributed by atoms with E-state index in [1.54, 1.807) is 12.1 Å². The van der Waals surface area contributed by atoms with Crippen molar-refractivity contribution >= 4 is 26.8 Å². The van der Waals surface area contributed by atoms with Crippen LogP contribution in [0.5, 0.6) is 0 Å². The summed E-state index contributed by atoms with van der Waals surface area (Å²) in [6.07, 6.45) is 4.48. The highest BCUT2D eigenvalue weighted by molar-refractivity contribution is 7.89. The summed E-state index contributed by atoms with van der Waals surface area (Å²) in [6, 6.07) is 17.2. The predicted molar refractivity (Wildman–Crippen MR) is 150 cm³/mol. The van der Waals surface area contributed by atoms with Gasteiger partial charge in [0.1, 0.15) is 0 Å². The average Bonchev–Trinajstić information content (AvgIpc) is 3.24. The standard InChI is InChI=1S/C30H39N3O4S/c1-30(2,35)24-10-7-17-33(20-24)29(34)22-11-14-25(15-12-22)31-38(36,37)26-16-13-23-18-27(32(3)28(23)19-26)21-8-5-4-6-9-21/h4-6,8-9,13,16,18-19,22,24-25,31,35H,7,10-12,14-15,17,20H2,1-3H3/t22-,24-,25-/m1/s1. The van der Waals surface area contributed by atoms with Crippen LogP contribution >= 0.6 is 0 Å². The average molecular weight is 538 g/mol. The van der Waals surface area contributed by atoms with E-state index < -0.39 is 15.6 Å². The van der Waals surface area contributed by atoms with Crippen LogP contribution in [0.15, 0.2) is 59.5 Å². The summed E-state index contributed by atoms with van der Waals surface area (Å²) in [5.74, 6) is 0.171. The van der Waals surface area contributed by atoms with Gasteiger partial charge in [0, 0.05) is 54.6 Å². The van der Waals surface area contributed by atoms with Crippen molar-refractivity contribution in [1.82, 2.24) is 14.2 Å². The van der Waals surface area contributed by atoms with Crippen LogP contribution in [0.4, 0.5) is 0 Å². The number of nitrogens with one attached hydrogen (secondary N) is 1. The minimum atomic E-state index is -3.69. The first-order chi connectivity index (χ1) is 18.0. The van der Waals surface area contributed by atoms with Crippen LogP contribution < -0.4 is 4.72 Å². The van der Waals surface area contributed by atoms with Crippen molar-refractivity contribution in [3.8, 4) is 11.3 Å². The van der Waals surface area contributed by atoms with Gasteiger partial charge in [-0.1, -0.05) is 36.4 Å². The fourth-order valence-electron chi connectivity index (χ4n) is 6.12. The fourth-order valence-corrected chi connectivity index (χ4v) is 7.45. The van der Waals surface area contributed by atoms with Gasteiger partial charge in [-0.2, -0.15) is 0 Å². The summed E-state index contributed by atoms with van der Waals surface area (Å²) >= 11 is 0. The number of hydrogen-bond acceptors (Lipinski definition) is 4. The number of amides is 1. The molecule has 0 radical (unpaired) electrons. The molecule has 7 nitrogen and oxygen atoms in total. The van der Waals surface area contributed by atoms with E-state index in [9.17, 15) is 18.3 Å². The van der Waals surface area contributed by atoms with Crippen LogP contribution in [0, 0.1) is 11.8 Å². The molecule has 5 rings (SSSR count). The van der Waals surface area contributed by atoms with Crippen LogP contribution in [0.3, 0.4) is 0 Å². The number of benzene rings is 2. The molecule has 0 spiro atoms. The first kappa shape index (κ1) is 26.9. The summed E-state index contributed by atoms with van der Waals surface area (Å²) in [6.45, 7) is 4.98. The smallest absolute Gasteiger partial charge is 0.240 e. The second-order valence-corrected chi connectivity index (χ2v) is 13.3. The first-order valence-corrected chi connectivity index (χ1v) is 15.2. The monoisotopic (exact) mass is 537 g/mol. The Morgan fingerprint density at radius 1 is 1.00 bits per heavy atom. The number of piperidine rings is 1. The highest BCUT2D eigenvalue weighted by Crippen LogP contribution is 2.32. The number of fused-ring (bicyclic) bond motifs is 1. The molecule has 1 amide bonds. The summed E-state index contributed by atoms with van der Waals surface area (Å²) < 4.78 is 31.5.